The van der Waals surface area contributed by atoms with E-state index in [-0.39, 0.29) is 11.0 Å². The number of amides is 2. The molecule has 2 atom stereocenters. The number of benzene rings is 3. The van der Waals surface area contributed by atoms with Crippen molar-refractivity contribution in [2.24, 2.45) is 0 Å². The third-order valence-electron chi connectivity index (χ3n) is 6.90. The SMILES string of the molecule is Cc1ccc(NC(=O)NS(=O)(=O)c2ccc(-c3ccc4c(c3)CC[C@H](CNC[C@H](O)c3cccnc3)O4)cc2)cc1. The van der Waals surface area contributed by atoms with Crippen LogP contribution >= 0.6 is 0 Å². The summed E-state index contributed by atoms with van der Waals surface area (Å²) in [5.74, 6) is 0.822. The van der Waals surface area contributed by atoms with Crippen molar-refractivity contribution < 1.29 is 23.1 Å². The highest BCUT2D eigenvalue weighted by Gasteiger charge is 2.21. The minimum Gasteiger partial charge on any atom is -0.489 e. The second-order valence-electron chi connectivity index (χ2n) is 10.0. The van der Waals surface area contributed by atoms with Gasteiger partial charge in [0, 0.05) is 36.7 Å². The van der Waals surface area contributed by atoms with E-state index in [1.807, 2.05) is 37.3 Å². The van der Waals surface area contributed by atoms with Crippen molar-refractivity contribution in [2.75, 3.05) is 18.4 Å². The summed E-state index contributed by atoms with van der Waals surface area (Å²) >= 11 is 0. The number of hydrogen-bond acceptors (Lipinski definition) is 7. The lowest BCUT2D eigenvalue weighted by molar-refractivity contribution is 0.146. The van der Waals surface area contributed by atoms with Crippen LogP contribution in [0.5, 0.6) is 5.75 Å². The zero-order chi connectivity index (χ0) is 28.8. The van der Waals surface area contributed by atoms with Crippen LogP contribution < -0.4 is 20.1 Å². The zero-order valence-corrected chi connectivity index (χ0v) is 23.4. The average molecular weight is 573 g/mol. The normalized spacial score (nSPS) is 15.3. The molecule has 1 aliphatic heterocycles. The van der Waals surface area contributed by atoms with Crippen LogP contribution in [0.4, 0.5) is 10.5 Å². The maximum atomic E-state index is 12.7. The number of nitrogens with one attached hydrogen (secondary N) is 3. The average Bonchev–Trinajstić information content (AvgIpc) is 2.98. The van der Waals surface area contributed by atoms with Crippen molar-refractivity contribution >= 4 is 21.7 Å². The number of aliphatic hydroxyl groups is 1. The van der Waals surface area contributed by atoms with Crippen LogP contribution in [-0.4, -0.2) is 43.7 Å². The van der Waals surface area contributed by atoms with Gasteiger partial charge in [-0.1, -0.05) is 42.0 Å². The number of anilines is 1. The summed E-state index contributed by atoms with van der Waals surface area (Å²) in [6, 6.07) is 22.2. The molecule has 0 saturated carbocycles. The molecule has 5 rings (SSSR count). The number of fused-ring (bicyclic) bond motifs is 1. The van der Waals surface area contributed by atoms with Crippen LogP contribution in [0.2, 0.25) is 0 Å². The van der Waals surface area contributed by atoms with Crippen molar-refractivity contribution in [2.45, 2.75) is 36.9 Å². The molecule has 0 fully saturated rings. The molecule has 4 N–H and O–H groups in total. The van der Waals surface area contributed by atoms with Crippen LogP contribution in [0, 0.1) is 6.92 Å². The Morgan fingerprint density at radius 1 is 1.05 bits per heavy atom. The Morgan fingerprint density at radius 2 is 1.80 bits per heavy atom. The standard InChI is InChI=1S/C31H32N4O5S/c1-21-4-10-26(11-5-21)34-31(37)35-41(38,39)28-13-7-22(8-14-28)23-9-15-30-24(17-23)6-12-27(40-30)19-33-20-29(36)25-3-2-16-32-18-25/h2-5,7-11,13-18,27,29,33,36H,6,12,19-20H2,1H3,(H2,34,35,37)/t27-,29+/m1/s1. The summed E-state index contributed by atoms with van der Waals surface area (Å²) in [7, 11) is -4.04. The van der Waals surface area contributed by atoms with Crippen molar-refractivity contribution in [3.8, 4) is 16.9 Å². The third kappa shape index (κ3) is 7.29. The molecular formula is C31H32N4O5S. The number of aryl methyl sites for hydroxylation is 2. The van der Waals surface area contributed by atoms with Gasteiger partial charge >= 0.3 is 6.03 Å². The fourth-order valence-corrected chi connectivity index (χ4v) is 5.55. The number of urea groups is 1. The number of ether oxygens (including phenoxy) is 1. The minimum atomic E-state index is -4.04. The minimum absolute atomic E-state index is 0.00496. The Balaban J connectivity index is 1.16. The molecule has 0 bridgehead atoms. The van der Waals surface area contributed by atoms with Gasteiger partial charge in [0.25, 0.3) is 10.0 Å². The number of nitrogens with zero attached hydrogens (tertiary/aromatic N) is 1. The summed E-state index contributed by atoms with van der Waals surface area (Å²) in [5, 5.41) is 16.1. The van der Waals surface area contributed by atoms with Gasteiger partial charge in [-0.15, -0.1) is 0 Å². The van der Waals surface area contributed by atoms with E-state index in [0.717, 1.165) is 46.4 Å². The maximum absolute atomic E-state index is 12.7. The van der Waals surface area contributed by atoms with E-state index in [9.17, 15) is 18.3 Å². The number of carbonyl (C=O) groups is 1. The van der Waals surface area contributed by atoms with Gasteiger partial charge in [0.15, 0.2) is 0 Å². The molecule has 4 aromatic rings. The number of rotatable bonds is 9. The number of hydrogen-bond donors (Lipinski definition) is 4. The van der Waals surface area contributed by atoms with Crippen LogP contribution in [-0.2, 0) is 16.4 Å². The predicted octanol–water partition coefficient (Wildman–Crippen LogP) is 4.58. The van der Waals surface area contributed by atoms with Gasteiger partial charge in [-0.2, -0.15) is 0 Å². The lowest BCUT2D eigenvalue weighted by atomic mass is 9.97. The Kier molecular flexibility index (Phi) is 8.63. The van der Waals surface area contributed by atoms with Gasteiger partial charge in [-0.3, -0.25) is 4.98 Å². The van der Waals surface area contributed by atoms with Gasteiger partial charge in [0.1, 0.15) is 11.9 Å². The molecule has 41 heavy (non-hydrogen) atoms. The predicted molar refractivity (Wildman–Crippen MR) is 157 cm³/mol. The van der Waals surface area contributed by atoms with Crippen LogP contribution in [0.1, 0.15) is 29.2 Å². The molecule has 212 valence electrons. The molecule has 9 nitrogen and oxygen atoms in total. The molecule has 2 amide bonds. The van der Waals surface area contributed by atoms with Crippen molar-refractivity contribution in [3.05, 3.63) is 108 Å². The summed E-state index contributed by atoms with van der Waals surface area (Å²) in [6.45, 7) is 2.95. The van der Waals surface area contributed by atoms with E-state index in [2.05, 4.69) is 26.4 Å². The molecule has 2 heterocycles. The summed E-state index contributed by atoms with van der Waals surface area (Å²) in [5.41, 5.74) is 5.17. The Morgan fingerprint density at radius 3 is 2.54 bits per heavy atom. The molecular weight excluding hydrogens is 540 g/mol. The van der Waals surface area contributed by atoms with Gasteiger partial charge in [-0.05, 0) is 78.9 Å². The molecule has 0 spiro atoms. The number of aromatic nitrogens is 1. The van der Waals surface area contributed by atoms with Crippen molar-refractivity contribution in [1.29, 1.82) is 0 Å². The Labute approximate surface area is 239 Å². The third-order valence-corrected chi connectivity index (χ3v) is 8.25. The summed E-state index contributed by atoms with van der Waals surface area (Å²) < 4.78 is 33.7. The highest BCUT2D eigenvalue weighted by Crippen LogP contribution is 2.32. The largest absolute Gasteiger partial charge is 0.489 e. The van der Waals surface area contributed by atoms with Gasteiger partial charge < -0.3 is 20.5 Å². The van der Waals surface area contributed by atoms with Crippen LogP contribution in [0.3, 0.4) is 0 Å². The quantitative estimate of drug-likeness (QED) is 0.231. The molecule has 0 radical (unpaired) electrons. The van der Waals surface area contributed by atoms with Crippen LogP contribution in [0.15, 0.2) is 96.2 Å². The van der Waals surface area contributed by atoms with E-state index in [1.165, 1.54) is 12.1 Å². The number of carbonyl (C=O) groups excluding carboxylic acids is 1. The number of aliphatic hydroxyl groups excluding tert-OH is 1. The number of pyridine rings is 1. The Hall–Kier alpha value is -4.25. The highest BCUT2D eigenvalue weighted by atomic mass is 32.2. The van der Waals surface area contributed by atoms with E-state index in [4.69, 9.17) is 4.74 Å². The topological polar surface area (TPSA) is 130 Å². The lowest BCUT2D eigenvalue weighted by Gasteiger charge is -2.27. The monoisotopic (exact) mass is 572 g/mol. The molecule has 0 unspecified atom stereocenters. The first-order chi connectivity index (χ1) is 19.8. The second-order valence-corrected chi connectivity index (χ2v) is 11.7. The maximum Gasteiger partial charge on any atom is 0.333 e. The van der Waals surface area contributed by atoms with Crippen LogP contribution in [0.25, 0.3) is 11.1 Å². The fraction of sp³-hybridized carbons (Fsp3) is 0.226. The highest BCUT2D eigenvalue weighted by molar-refractivity contribution is 7.90. The second kappa shape index (κ2) is 12.5. The molecule has 0 aliphatic carbocycles. The van der Waals surface area contributed by atoms with Crippen molar-refractivity contribution in [1.82, 2.24) is 15.0 Å². The van der Waals surface area contributed by atoms with E-state index >= 15 is 0 Å². The Bertz CT molecular complexity index is 1590. The molecule has 1 aromatic heterocycles. The zero-order valence-electron chi connectivity index (χ0n) is 22.6. The summed E-state index contributed by atoms with van der Waals surface area (Å²) in [6.07, 6.45) is 4.38. The lowest BCUT2D eigenvalue weighted by Crippen LogP contribution is -2.36. The smallest absolute Gasteiger partial charge is 0.333 e. The van der Waals surface area contributed by atoms with Gasteiger partial charge in [-0.25, -0.2) is 17.9 Å². The first-order valence-electron chi connectivity index (χ1n) is 13.4. The number of sulfonamides is 1. The first kappa shape index (κ1) is 28.3. The van der Waals surface area contributed by atoms with Gasteiger partial charge in [0.05, 0.1) is 11.0 Å². The molecule has 1 aliphatic rings. The first-order valence-corrected chi connectivity index (χ1v) is 14.8. The van der Waals surface area contributed by atoms with E-state index < -0.39 is 22.2 Å². The van der Waals surface area contributed by atoms with Gasteiger partial charge in [0.2, 0.25) is 0 Å². The molecule has 0 saturated heterocycles. The van der Waals surface area contributed by atoms with E-state index in [1.54, 1.807) is 42.7 Å². The van der Waals surface area contributed by atoms with E-state index in [0.29, 0.717) is 18.8 Å². The molecule has 10 heteroatoms. The summed E-state index contributed by atoms with van der Waals surface area (Å²) in [4.78, 5) is 16.3. The van der Waals surface area contributed by atoms with Crippen molar-refractivity contribution in [3.63, 3.8) is 0 Å². The molecule has 3 aromatic carbocycles. The fourth-order valence-electron chi connectivity index (χ4n) is 4.64.